The van der Waals surface area contributed by atoms with Gasteiger partial charge >= 0.3 is 0 Å². The molecule has 0 saturated heterocycles. The van der Waals surface area contributed by atoms with Crippen molar-refractivity contribution in [2.75, 3.05) is 19.5 Å². The van der Waals surface area contributed by atoms with E-state index >= 15 is 0 Å². The fourth-order valence-electron chi connectivity index (χ4n) is 2.13. The van der Waals surface area contributed by atoms with Crippen LogP contribution in [-0.2, 0) is 13.5 Å². The van der Waals surface area contributed by atoms with Gasteiger partial charge in [0, 0.05) is 19.2 Å². The highest BCUT2D eigenvalue weighted by Gasteiger charge is 2.11. The zero-order valence-electron chi connectivity index (χ0n) is 13.6. The fourth-order valence-corrected chi connectivity index (χ4v) is 2.88. The summed E-state index contributed by atoms with van der Waals surface area (Å²) in [4.78, 5) is 11.1. The molecule has 0 spiro atoms. The van der Waals surface area contributed by atoms with Gasteiger partial charge in [0.25, 0.3) is 0 Å². The molecule has 0 N–H and O–H groups in total. The lowest BCUT2D eigenvalue weighted by Gasteiger charge is -2.12. The standard InChI is InChI=1S/C16H21N3O3S/c1-4-6-14-17-18-16(19(14)2)23-10-9-22-15-12(11-20)7-5-8-13(15)21-3/h5,7-8,11H,4,6,9-10H2,1-3H3. The Kier molecular flexibility index (Phi) is 6.46. The number of thioether (sulfide) groups is 1. The first kappa shape index (κ1) is 17.3. The van der Waals surface area contributed by atoms with Crippen LogP contribution in [0, 0.1) is 0 Å². The second kappa shape index (κ2) is 8.57. The van der Waals surface area contributed by atoms with Crippen LogP contribution in [0.15, 0.2) is 23.4 Å². The van der Waals surface area contributed by atoms with Gasteiger partial charge in [-0.05, 0) is 18.6 Å². The second-order valence-electron chi connectivity index (χ2n) is 4.90. The Morgan fingerprint density at radius 3 is 2.87 bits per heavy atom. The van der Waals surface area contributed by atoms with E-state index in [1.54, 1.807) is 37.1 Å². The van der Waals surface area contributed by atoms with Crippen LogP contribution in [0.1, 0.15) is 29.5 Å². The maximum absolute atomic E-state index is 11.1. The number of aldehydes is 1. The van der Waals surface area contributed by atoms with Gasteiger partial charge in [-0.1, -0.05) is 24.8 Å². The van der Waals surface area contributed by atoms with Gasteiger partial charge in [0.1, 0.15) is 5.82 Å². The van der Waals surface area contributed by atoms with Gasteiger partial charge < -0.3 is 14.0 Å². The summed E-state index contributed by atoms with van der Waals surface area (Å²) in [6, 6.07) is 5.24. The molecule has 1 aromatic carbocycles. The molecule has 0 radical (unpaired) electrons. The van der Waals surface area contributed by atoms with Gasteiger partial charge in [0.2, 0.25) is 0 Å². The lowest BCUT2D eigenvalue weighted by Crippen LogP contribution is -2.05. The summed E-state index contributed by atoms with van der Waals surface area (Å²) >= 11 is 1.58. The van der Waals surface area contributed by atoms with Crippen LogP contribution in [0.25, 0.3) is 0 Å². The Balaban J connectivity index is 1.92. The number of aromatic nitrogens is 3. The van der Waals surface area contributed by atoms with Crippen molar-refractivity contribution in [3.05, 3.63) is 29.6 Å². The van der Waals surface area contributed by atoms with Crippen molar-refractivity contribution in [2.45, 2.75) is 24.9 Å². The minimum Gasteiger partial charge on any atom is -0.493 e. The van der Waals surface area contributed by atoms with Crippen LogP contribution in [-0.4, -0.2) is 40.5 Å². The number of hydrogen-bond donors (Lipinski definition) is 0. The van der Waals surface area contributed by atoms with Crippen molar-refractivity contribution in [3.63, 3.8) is 0 Å². The zero-order valence-corrected chi connectivity index (χ0v) is 14.4. The first-order valence-corrected chi connectivity index (χ1v) is 8.45. The van der Waals surface area contributed by atoms with Crippen LogP contribution in [0.2, 0.25) is 0 Å². The van der Waals surface area contributed by atoms with E-state index in [1.807, 2.05) is 11.6 Å². The summed E-state index contributed by atoms with van der Waals surface area (Å²) in [5.41, 5.74) is 0.484. The van der Waals surface area contributed by atoms with E-state index in [9.17, 15) is 4.79 Å². The molecule has 1 heterocycles. The minimum absolute atomic E-state index is 0.446. The predicted octanol–water partition coefficient (Wildman–Crippen LogP) is 2.76. The van der Waals surface area contributed by atoms with Crippen LogP contribution in [0.3, 0.4) is 0 Å². The number of para-hydroxylation sites is 1. The summed E-state index contributed by atoms with van der Waals surface area (Å²) in [6.07, 6.45) is 2.73. The number of hydrogen-bond acceptors (Lipinski definition) is 6. The maximum Gasteiger partial charge on any atom is 0.191 e. The van der Waals surface area contributed by atoms with E-state index in [2.05, 4.69) is 17.1 Å². The molecule has 0 atom stereocenters. The lowest BCUT2D eigenvalue weighted by molar-refractivity contribution is 0.111. The second-order valence-corrected chi connectivity index (χ2v) is 5.96. The van der Waals surface area contributed by atoms with Crippen LogP contribution in [0.5, 0.6) is 11.5 Å². The van der Waals surface area contributed by atoms with Crippen LogP contribution in [0.4, 0.5) is 0 Å². The van der Waals surface area contributed by atoms with E-state index in [4.69, 9.17) is 9.47 Å². The Bertz CT molecular complexity index is 658. The summed E-state index contributed by atoms with van der Waals surface area (Å²) in [5.74, 6) is 2.73. The molecule has 0 amide bonds. The molecule has 0 aliphatic rings. The fraction of sp³-hybridized carbons (Fsp3) is 0.438. The van der Waals surface area contributed by atoms with Gasteiger partial charge in [-0.3, -0.25) is 4.79 Å². The molecule has 0 unspecified atom stereocenters. The zero-order chi connectivity index (χ0) is 16.7. The molecular formula is C16H21N3O3S. The molecular weight excluding hydrogens is 314 g/mol. The molecule has 23 heavy (non-hydrogen) atoms. The topological polar surface area (TPSA) is 66.2 Å². The summed E-state index contributed by atoms with van der Waals surface area (Å²) in [5, 5.41) is 9.24. The van der Waals surface area contributed by atoms with Gasteiger partial charge in [-0.2, -0.15) is 0 Å². The van der Waals surface area contributed by atoms with Crippen LogP contribution >= 0.6 is 11.8 Å². The average Bonchev–Trinajstić information content (AvgIpc) is 2.92. The Morgan fingerprint density at radius 2 is 2.17 bits per heavy atom. The number of aryl methyl sites for hydroxylation is 1. The van der Waals surface area contributed by atoms with Gasteiger partial charge in [0.05, 0.1) is 19.3 Å². The number of benzene rings is 1. The smallest absolute Gasteiger partial charge is 0.191 e. The van der Waals surface area contributed by atoms with Crippen molar-refractivity contribution in [2.24, 2.45) is 7.05 Å². The van der Waals surface area contributed by atoms with Crippen LogP contribution < -0.4 is 9.47 Å². The van der Waals surface area contributed by atoms with Gasteiger partial charge in [-0.15, -0.1) is 10.2 Å². The van der Waals surface area contributed by atoms with Gasteiger partial charge in [0.15, 0.2) is 22.9 Å². The normalized spacial score (nSPS) is 10.6. The number of methoxy groups -OCH3 is 1. The largest absolute Gasteiger partial charge is 0.493 e. The predicted molar refractivity (Wildman–Crippen MR) is 89.6 cm³/mol. The van der Waals surface area contributed by atoms with Crippen molar-refractivity contribution >= 4 is 18.0 Å². The Morgan fingerprint density at radius 1 is 1.35 bits per heavy atom. The van der Waals surface area contributed by atoms with E-state index in [0.29, 0.717) is 29.4 Å². The Labute approximate surface area is 140 Å². The third-order valence-corrected chi connectivity index (χ3v) is 4.30. The number of ether oxygens (including phenoxy) is 2. The quantitative estimate of drug-likeness (QED) is 0.399. The molecule has 124 valence electrons. The van der Waals surface area contributed by atoms with E-state index in [0.717, 1.165) is 30.1 Å². The van der Waals surface area contributed by atoms with Crippen molar-refractivity contribution in [1.29, 1.82) is 0 Å². The summed E-state index contributed by atoms with van der Waals surface area (Å²) in [6.45, 7) is 2.56. The van der Waals surface area contributed by atoms with E-state index in [1.165, 1.54) is 0 Å². The average molecular weight is 335 g/mol. The SMILES string of the molecule is CCCc1nnc(SCCOc2c(C=O)cccc2OC)n1C. The highest BCUT2D eigenvalue weighted by Crippen LogP contribution is 2.30. The van der Waals surface area contributed by atoms with Crippen molar-refractivity contribution < 1.29 is 14.3 Å². The number of carbonyl (C=O) groups is 1. The number of rotatable bonds is 9. The monoisotopic (exact) mass is 335 g/mol. The third-order valence-electron chi connectivity index (χ3n) is 3.32. The highest BCUT2D eigenvalue weighted by molar-refractivity contribution is 7.99. The molecule has 7 heteroatoms. The first-order chi connectivity index (χ1) is 11.2. The number of carbonyl (C=O) groups excluding carboxylic acids is 1. The van der Waals surface area contributed by atoms with Crippen molar-refractivity contribution in [1.82, 2.24) is 14.8 Å². The molecule has 6 nitrogen and oxygen atoms in total. The molecule has 0 fully saturated rings. The summed E-state index contributed by atoms with van der Waals surface area (Å²) in [7, 11) is 3.53. The molecule has 0 bridgehead atoms. The lowest BCUT2D eigenvalue weighted by atomic mass is 10.2. The maximum atomic E-state index is 11.1. The molecule has 0 aliphatic carbocycles. The van der Waals surface area contributed by atoms with Gasteiger partial charge in [-0.25, -0.2) is 0 Å². The molecule has 2 aromatic rings. The van der Waals surface area contributed by atoms with E-state index in [-0.39, 0.29) is 0 Å². The molecule has 1 aromatic heterocycles. The highest BCUT2D eigenvalue weighted by atomic mass is 32.2. The first-order valence-electron chi connectivity index (χ1n) is 7.47. The summed E-state index contributed by atoms with van der Waals surface area (Å²) < 4.78 is 13.0. The molecule has 0 aliphatic heterocycles. The molecule has 0 saturated carbocycles. The molecule has 2 rings (SSSR count). The van der Waals surface area contributed by atoms with E-state index < -0.39 is 0 Å². The third kappa shape index (κ3) is 4.25. The minimum atomic E-state index is 0.446. The number of nitrogens with zero attached hydrogens (tertiary/aromatic N) is 3. The van der Waals surface area contributed by atoms with Crippen molar-refractivity contribution in [3.8, 4) is 11.5 Å². The Hall–Kier alpha value is -2.02.